The van der Waals surface area contributed by atoms with Crippen molar-refractivity contribution in [1.29, 1.82) is 0 Å². The van der Waals surface area contributed by atoms with E-state index in [9.17, 15) is 14.4 Å². The first kappa shape index (κ1) is 17.8. The minimum absolute atomic E-state index is 0.0810. The Morgan fingerprint density at radius 1 is 0.923 bits per heavy atom. The number of carbonyl (C=O) groups excluding carboxylic acids is 3. The summed E-state index contributed by atoms with van der Waals surface area (Å²) in [5.74, 6) is -1.67. The Labute approximate surface area is 151 Å². The standard InChI is InChI=1S/C20H19NO5/c22-18-13-25-14-19(23)21(18)17(11-15-7-3-1-4-8-15)20(24)26-12-16-9-5-2-6-10-16/h1-10,17H,11-14H2. The highest BCUT2D eigenvalue weighted by molar-refractivity contribution is 6.02. The van der Waals surface area contributed by atoms with E-state index < -0.39 is 23.8 Å². The van der Waals surface area contributed by atoms with Crippen LogP contribution in [0.5, 0.6) is 0 Å². The highest BCUT2D eigenvalue weighted by atomic mass is 16.5. The molecule has 26 heavy (non-hydrogen) atoms. The summed E-state index contributed by atoms with van der Waals surface area (Å²) in [5.41, 5.74) is 1.67. The minimum atomic E-state index is -1.01. The Hall–Kier alpha value is -2.99. The zero-order valence-corrected chi connectivity index (χ0v) is 14.2. The summed E-state index contributed by atoms with van der Waals surface area (Å²) in [6, 6.07) is 17.4. The Morgan fingerprint density at radius 2 is 1.46 bits per heavy atom. The summed E-state index contributed by atoms with van der Waals surface area (Å²) in [6.45, 7) is -0.357. The fraction of sp³-hybridized carbons (Fsp3) is 0.250. The Bertz CT molecular complexity index is 759. The van der Waals surface area contributed by atoms with Gasteiger partial charge in [0.05, 0.1) is 0 Å². The van der Waals surface area contributed by atoms with Crippen LogP contribution in [-0.2, 0) is 36.9 Å². The summed E-state index contributed by atoms with van der Waals surface area (Å²) in [5, 5.41) is 0. The number of imide groups is 1. The van der Waals surface area contributed by atoms with E-state index in [1.54, 1.807) is 0 Å². The molecule has 6 nitrogen and oxygen atoms in total. The van der Waals surface area contributed by atoms with Gasteiger partial charge in [0.2, 0.25) is 0 Å². The zero-order chi connectivity index (χ0) is 18.4. The van der Waals surface area contributed by atoms with Crippen LogP contribution in [0.1, 0.15) is 11.1 Å². The quantitative estimate of drug-likeness (QED) is 0.584. The van der Waals surface area contributed by atoms with Crippen LogP contribution in [0.4, 0.5) is 0 Å². The van der Waals surface area contributed by atoms with Crippen molar-refractivity contribution in [2.24, 2.45) is 0 Å². The van der Waals surface area contributed by atoms with Crippen LogP contribution < -0.4 is 0 Å². The summed E-state index contributed by atoms with van der Waals surface area (Å²) in [7, 11) is 0. The van der Waals surface area contributed by atoms with E-state index >= 15 is 0 Å². The number of hydrogen-bond donors (Lipinski definition) is 0. The van der Waals surface area contributed by atoms with Gasteiger partial charge >= 0.3 is 5.97 Å². The van der Waals surface area contributed by atoms with E-state index in [4.69, 9.17) is 9.47 Å². The van der Waals surface area contributed by atoms with E-state index in [2.05, 4.69) is 0 Å². The maximum atomic E-state index is 12.7. The van der Waals surface area contributed by atoms with E-state index in [0.717, 1.165) is 16.0 Å². The smallest absolute Gasteiger partial charge is 0.330 e. The molecule has 1 fully saturated rings. The second-order valence-corrected chi connectivity index (χ2v) is 5.95. The number of benzene rings is 2. The van der Waals surface area contributed by atoms with Gasteiger partial charge < -0.3 is 9.47 Å². The number of hydrogen-bond acceptors (Lipinski definition) is 5. The molecule has 2 aromatic rings. The number of amides is 2. The third-order valence-corrected chi connectivity index (χ3v) is 4.07. The largest absolute Gasteiger partial charge is 0.459 e. The lowest BCUT2D eigenvalue weighted by atomic mass is 10.0. The first-order chi connectivity index (χ1) is 12.6. The van der Waals surface area contributed by atoms with E-state index in [1.807, 2.05) is 60.7 Å². The molecular weight excluding hydrogens is 334 g/mol. The Balaban J connectivity index is 1.78. The molecule has 0 N–H and O–H groups in total. The molecule has 1 atom stereocenters. The van der Waals surface area contributed by atoms with Crippen LogP contribution in [0, 0.1) is 0 Å². The summed E-state index contributed by atoms with van der Waals surface area (Å²) in [6.07, 6.45) is 0.200. The van der Waals surface area contributed by atoms with Gasteiger partial charge in [0, 0.05) is 6.42 Å². The average molecular weight is 353 g/mol. The van der Waals surface area contributed by atoms with Crippen LogP contribution in [0.3, 0.4) is 0 Å². The second kappa shape index (κ2) is 8.40. The van der Waals surface area contributed by atoms with Gasteiger partial charge in [0.1, 0.15) is 25.9 Å². The van der Waals surface area contributed by atoms with Crippen molar-refractivity contribution in [2.45, 2.75) is 19.1 Å². The topological polar surface area (TPSA) is 72.9 Å². The van der Waals surface area contributed by atoms with Crippen LogP contribution >= 0.6 is 0 Å². The van der Waals surface area contributed by atoms with Gasteiger partial charge in [0.15, 0.2) is 0 Å². The molecule has 0 radical (unpaired) electrons. The molecular formula is C20H19NO5. The Morgan fingerprint density at radius 3 is 2.04 bits per heavy atom. The maximum absolute atomic E-state index is 12.7. The molecule has 0 spiro atoms. The molecule has 6 heteroatoms. The molecule has 1 unspecified atom stereocenters. The Kier molecular flexibility index (Phi) is 5.76. The highest BCUT2D eigenvalue weighted by Gasteiger charge is 2.38. The first-order valence-electron chi connectivity index (χ1n) is 8.32. The van der Waals surface area contributed by atoms with Crippen molar-refractivity contribution in [1.82, 2.24) is 4.90 Å². The molecule has 0 bridgehead atoms. The third-order valence-electron chi connectivity index (χ3n) is 4.07. The van der Waals surface area contributed by atoms with E-state index in [-0.39, 0.29) is 26.2 Å². The molecule has 134 valence electrons. The van der Waals surface area contributed by atoms with Crippen LogP contribution in [0.25, 0.3) is 0 Å². The van der Waals surface area contributed by atoms with E-state index in [1.165, 1.54) is 0 Å². The van der Waals surface area contributed by atoms with Crippen LogP contribution in [0.15, 0.2) is 60.7 Å². The van der Waals surface area contributed by atoms with Crippen molar-refractivity contribution in [3.05, 3.63) is 71.8 Å². The van der Waals surface area contributed by atoms with Gasteiger partial charge in [-0.25, -0.2) is 4.79 Å². The van der Waals surface area contributed by atoms with Gasteiger partial charge in [-0.05, 0) is 11.1 Å². The first-order valence-corrected chi connectivity index (χ1v) is 8.32. The molecule has 1 aliphatic heterocycles. The van der Waals surface area contributed by atoms with Gasteiger partial charge in [-0.3, -0.25) is 14.5 Å². The van der Waals surface area contributed by atoms with E-state index in [0.29, 0.717) is 0 Å². The molecule has 0 aromatic heterocycles. The monoisotopic (exact) mass is 353 g/mol. The van der Waals surface area contributed by atoms with Crippen molar-refractivity contribution in [3.63, 3.8) is 0 Å². The molecule has 2 aromatic carbocycles. The zero-order valence-electron chi connectivity index (χ0n) is 14.2. The predicted octanol–water partition coefficient (Wildman–Crippen LogP) is 1.73. The van der Waals surface area contributed by atoms with Crippen molar-refractivity contribution >= 4 is 17.8 Å². The average Bonchev–Trinajstić information content (AvgIpc) is 2.67. The number of esters is 1. The molecule has 1 saturated heterocycles. The number of ether oxygens (including phenoxy) is 2. The lowest BCUT2D eigenvalue weighted by molar-refractivity contribution is -0.170. The number of morpholine rings is 1. The summed E-state index contributed by atoms with van der Waals surface area (Å²) in [4.78, 5) is 38.1. The normalized spacial score (nSPS) is 15.6. The third kappa shape index (κ3) is 4.34. The van der Waals surface area contributed by atoms with Crippen molar-refractivity contribution in [2.75, 3.05) is 13.2 Å². The molecule has 1 heterocycles. The van der Waals surface area contributed by atoms with Crippen LogP contribution in [-0.4, -0.2) is 41.9 Å². The van der Waals surface area contributed by atoms with Gasteiger partial charge in [-0.1, -0.05) is 60.7 Å². The van der Waals surface area contributed by atoms with Crippen molar-refractivity contribution in [3.8, 4) is 0 Å². The number of nitrogens with zero attached hydrogens (tertiary/aromatic N) is 1. The molecule has 2 amide bonds. The number of carbonyl (C=O) groups is 3. The lowest BCUT2D eigenvalue weighted by Crippen LogP contribution is -2.55. The maximum Gasteiger partial charge on any atom is 0.330 e. The van der Waals surface area contributed by atoms with Gasteiger partial charge in [-0.15, -0.1) is 0 Å². The van der Waals surface area contributed by atoms with Gasteiger partial charge in [0.25, 0.3) is 11.8 Å². The fourth-order valence-electron chi connectivity index (χ4n) is 2.79. The predicted molar refractivity (Wildman–Crippen MR) is 92.8 cm³/mol. The SMILES string of the molecule is O=C(OCc1ccccc1)C(Cc1ccccc1)N1C(=O)COCC1=O. The number of rotatable bonds is 6. The van der Waals surface area contributed by atoms with Crippen LogP contribution in [0.2, 0.25) is 0 Å². The fourth-order valence-corrected chi connectivity index (χ4v) is 2.79. The molecule has 1 aliphatic rings. The molecule has 0 aliphatic carbocycles. The summed E-state index contributed by atoms with van der Waals surface area (Å²) >= 11 is 0. The molecule has 3 rings (SSSR count). The van der Waals surface area contributed by atoms with Crippen molar-refractivity contribution < 1.29 is 23.9 Å². The van der Waals surface area contributed by atoms with Gasteiger partial charge in [-0.2, -0.15) is 0 Å². The lowest BCUT2D eigenvalue weighted by Gasteiger charge is -2.31. The highest BCUT2D eigenvalue weighted by Crippen LogP contribution is 2.15. The minimum Gasteiger partial charge on any atom is -0.459 e. The molecule has 0 saturated carbocycles. The summed E-state index contributed by atoms with van der Waals surface area (Å²) < 4.78 is 10.3. The second-order valence-electron chi connectivity index (χ2n) is 5.95.